The van der Waals surface area contributed by atoms with Gasteiger partial charge < -0.3 is 24.2 Å². The lowest BCUT2D eigenvalue weighted by molar-refractivity contribution is -0.129. The molecule has 5 rings (SSSR count). The molecule has 2 aliphatic rings. The fourth-order valence-corrected chi connectivity index (χ4v) is 4.50. The number of piperidine rings is 1. The van der Waals surface area contributed by atoms with Gasteiger partial charge in [0, 0.05) is 44.6 Å². The molecule has 168 valence electrons. The Hall–Kier alpha value is -3.04. The van der Waals surface area contributed by atoms with Crippen LogP contribution in [0.15, 0.2) is 28.8 Å². The Balaban J connectivity index is 1.58. The number of carbonyl (C=O) groups excluding carboxylic acids is 1. The molecule has 1 amide bonds. The maximum absolute atomic E-state index is 11.7. The van der Waals surface area contributed by atoms with Gasteiger partial charge in [0.25, 0.3) is 0 Å². The summed E-state index contributed by atoms with van der Waals surface area (Å²) < 4.78 is 11.3. The highest BCUT2D eigenvalue weighted by molar-refractivity contribution is 5.88. The minimum Gasteiger partial charge on any atom is -0.392 e. The predicted molar refractivity (Wildman–Crippen MR) is 118 cm³/mol. The SMILES string of the molecule is CC(=O)N1CCC(c2noc3c(N4CCOCC4)nc(-c4cccc(CO)c4)nc23)CC1. The normalized spacial score (nSPS) is 17.8. The van der Waals surface area contributed by atoms with Gasteiger partial charge in [-0.3, -0.25) is 4.79 Å². The molecule has 9 heteroatoms. The van der Waals surface area contributed by atoms with E-state index in [9.17, 15) is 9.90 Å². The Morgan fingerprint density at radius 3 is 2.66 bits per heavy atom. The van der Waals surface area contributed by atoms with Crippen molar-refractivity contribution < 1.29 is 19.2 Å². The Labute approximate surface area is 186 Å². The number of nitrogens with zero attached hydrogens (tertiary/aromatic N) is 5. The monoisotopic (exact) mass is 437 g/mol. The van der Waals surface area contributed by atoms with E-state index in [4.69, 9.17) is 19.2 Å². The number of aliphatic hydroxyl groups excluding tert-OH is 1. The molecule has 2 fully saturated rings. The van der Waals surface area contributed by atoms with E-state index in [-0.39, 0.29) is 18.4 Å². The second kappa shape index (κ2) is 8.84. The first-order valence-corrected chi connectivity index (χ1v) is 11.1. The maximum atomic E-state index is 11.7. The summed E-state index contributed by atoms with van der Waals surface area (Å²) in [7, 11) is 0. The van der Waals surface area contributed by atoms with Crippen LogP contribution in [0.1, 0.15) is 36.9 Å². The third kappa shape index (κ3) is 3.93. The lowest BCUT2D eigenvalue weighted by atomic mass is 9.93. The highest BCUT2D eigenvalue weighted by atomic mass is 16.5. The number of ether oxygens (including phenoxy) is 1. The summed E-state index contributed by atoms with van der Waals surface area (Å²) in [5.74, 6) is 1.59. The number of hydrogen-bond donors (Lipinski definition) is 1. The molecule has 3 aromatic rings. The van der Waals surface area contributed by atoms with E-state index in [1.54, 1.807) is 6.92 Å². The van der Waals surface area contributed by atoms with Crippen molar-refractivity contribution in [3.63, 3.8) is 0 Å². The molecule has 0 spiro atoms. The van der Waals surface area contributed by atoms with Crippen LogP contribution in [0.4, 0.5) is 5.82 Å². The van der Waals surface area contributed by atoms with Gasteiger partial charge in [-0.05, 0) is 24.5 Å². The molecule has 2 aromatic heterocycles. The third-order valence-corrected chi connectivity index (χ3v) is 6.33. The molecule has 32 heavy (non-hydrogen) atoms. The van der Waals surface area contributed by atoms with Crippen LogP contribution in [-0.2, 0) is 16.1 Å². The standard InChI is InChI=1S/C23H27N5O4/c1-15(30)27-7-5-17(6-8-27)19-20-21(32-26-19)23(28-9-11-31-12-10-28)25-22(24-20)18-4-2-3-16(13-18)14-29/h2-4,13,17,29H,5-12,14H2,1H3. The topological polar surface area (TPSA) is 105 Å². The summed E-state index contributed by atoms with van der Waals surface area (Å²) in [6, 6.07) is 7.62. The van der Waals surface area contributed by atoms with E-state index in [0.29, 0.717) is 37.7 Å². The molecule has 2 aliphatic heterocycles. The molecule has 4 heterocycles. The summed E-state index contributed by atoms with van der Waals surface area (Å²) in [6.45, 7) is 5.68. The van der Waals surface area contributed by atoms with Gasteiger partial charge in [0.15, 0.2) is 11.6 Å². The fourth-order valence-electron chi connectivity index (χ4n) is 4.50. The summed E-state index contributed by atoms with van der Waals surface area (Å²) in [5, 5.41) is 14.0. The number of benzene rings is 1. The van der Waals surface area contributed by atoms with Crippen molar-refractivity contribution in [2.75, 3.05) is 44.3 Å². The van der Waals surface area contributed by atoms with Crippen LogP contribution in [0.2, 0.25) is 0 Å². The number of carbonyl (C=O) groups is 1. The molecular weight excluding hydrogens is 410 g/mol. The van der Waals surface area contributed by atoms with Crippen molar-refractivity contribution in [3.05, 3.63) is 35.5 Å². The van der Waals surface area contributed by atoms with Gasteiger partial charge >= 0.3 is 0 Å². The van der Waals surface area contributed by atoms with Crippen molar-refractivity contribution in [2.24, 2.45) is 0 Å². The molecule has 1 aromatic carbocycles. The summed E-state index contributed by atoms with van der Waals surface area (Å²) >= 11 is 0. The van der Waals surface area contributed by atoms with Crippen LogP contribution in [0.25, 0.3) is 22.5 Å². The number of aliphatic hydroxyl groups is 1. The van der Waals surface area contributed by atoms with Crippen LogP contribution in [0.5, 0.6) is 0 Å². The van der Waals surface area contributed by atoms with Crippen molar-refractivity contribution >= 4 is 22.8 Å². The molecule has 0 bridgehead atoms. The number of aromatic nitrogens is 3. The van der Waals surface area contributed by atoms with Gasteiger partial charge in [-0.25, -0.2) is 9.97 Å². The second-order valence-corrected chi connectivity index (χ2v) is 8.35. The molecular formula is C23H27N5O4. The lowest BCUT2D eigenvalue weighted by Crippen LogP contribution is -2.37. The van der Waals surface area contributed by atoms with Gasteiger partial charge in [0.05, 0.1) is 19.8 Å². The van der Waals surface area contributed by atoms with Crippen molar-refractivity contribution in [2.45, 2.75) is 32.3 Å². The first-order chi connectivity index (χ1) is 15.6. The van der Waals surface area contributed by atoms with E-state index in [0.717, 1.165) is 54.1 Å². The van der Waals surface area contributed by atoms with Crippen LogP contribution >= 0.6 is 0 Å². The van der Waals surface area contributed by atoms with E-state index >= 15 is 0 Å². The van der Waals surface area contributed by atoms with Gasteiger partial charge in [-0.2, -0.15) is 0 Å². The van der Waals surface area contributed by atoms with Gasteiger partial charge in [-0.15, -0.1) is 0 Å². The average Bonchev–Trinajstić information content (AvgIpc) is 3.28. The van der Waals surface area contributed by atoms with E-state index in [1.807, 2.05) is 29.2 Å². The summed E-state index contributed by atoms with van der Waals surface area (Å²) in [4.78, 5) is 25.5. The van der Waals surface area contributed by atoms with Crippen molar-refractivity contribution in [3.8, 4) is 11.4 Å². The largest absolute Gasteiger partial charge is 0.392 e. The highest BCUT2D eigenvalue weighted by Gasteiger charge is 2.29. The lowest BCUT2D eigenvalue weighted by Gasteiger charge is -2.30. The van der Waals surface area contributed by atoms with Crippen molar-refractivity contribution in [1.82, 2.24) is 20.0 Å². The Kier molecular flexibility index (Phi) is 5.75. The molecule has 1 N–H and O–H groups in total. The van der Waals surface area contributed by atoms with E-state index < -0.39 is 0 Å². The minimum atomic E-state index is -0.0420. The number of anilines is 1. The van der Waals surface area contributed by atoms with Crippen molar-refractivity contribution in [1.29, 1.82) is 0 Å². The predicted octanol–water partition coefficient (Wildman–Crippen LogP) is 2.34. The zero-order valence-corrected chi connectivity index (χ0v) is 18.2. The number of fused-ring (bicyclic) bond motifs is 1. The van der Waals surface area contributed by atoms with Gasteiger partial charge in [0.1, 0.15) is 11.2 Å². The second-order valence-electron chi connectivity index (χ2n) is 8.35. The van der Waals surface area contributed by atoms with Crippen LogP contribution < -0.4 is 4.90 Å². The molecule has 0 saturated carbocycles. The molecule has 0 radical (unpaired) electrons. The molecule has 0 unspecified atom stereocenters. The number of hydrogen-bond acceptors (Lipinski definition) is 8. The number of likely N-dealkylation sites (tertiary alicyclic amines) is 1. The molecule has 0 aliphatic carbocycles. The zero-order chi connectivity index (χ0) is 22.1. The third-order valence-electron chi connectivity index (χ3n) is 6.33. The maximum Gasteiger partial charge on any atom is 0.227 e. The molecule has 0 atom stereocenters. The van der Waals surface area contributed by atoms with Crippen LogP contribution in [-0.4, -0.2) is 70.4 Å². The zero-order valence-electron chi connectivity index (χ0n) is 18.2. The first kappa shape index (κ1) is 20.8. The summed E-state index contributed by atoms with van der Waals surface area (Å²) in [6.07, 6.45) is 1.65. The van der Waals surface area contributed by atoms with Crippen LogP contribution in [0, 0.1) is 0 Å². The quantitative estimate of drug-likeness (QED) is 0.663. The highest BCUT2D eigenvalue weighted by Crippen LogP contribution is 2.36. The average molecular weight is 438 g/mol. The first-order valence-electron chi connectivity index (χ1n) is 11.1. The Morgan fingerprint density at radius 2 is 1.94 bits per heavy atom. The molecule has 9 nitrogen and oxygen atoms in total. The number of rotatable bonds is 4. The van der Waals surface area contributed by atoms with E-state index in [2.05, 4.69) is 10.1 Å². The molecule has 2 saturated heterocycles. The number of morpholine rings is 1. The number of amides is 1. The van der Waals surface area contributed by atoms with Crippen LogP contribution in [0.3, 0.4) is 0 Å². The van der Waals surface area contributed by atoms with Gasteiger partial charge in [-0.1, -0.05) is 23.4 Å². The Morgan fingerprint density at radius 1 is 1.16 bits per heavy atom. The summed E-state index contributed by atoms with van der Waals surface area (Å²) in [5.41, 5.74) is 3.80. The van der Waals surface area contributed by atoms with Gasteiger partial charge in [0.2, 0.25) is 11.5 Å². The fraction of sp³-hybridized carbons (Fsp3) is 0.478. The smallest absolute Gasteiger partial charge is 0.227 e. The van der Waals surface area contributed by atoms with E-state index in [1.165, 1.54) is 0 Å². The minimum absolute atomic E-state index is 0.0420. The Bertz CT molecular complexity index is 1120.